The zero-order valence-corrected chi connectivity index (χ0v) is 8.98. The fraction of sp³-hybridized carbons (Fsp3) is 0.800. The minimum Gasteiger partial charge on any atom is -0.481 e. The quantitative estimate of drug-likeness (QED) is 0.528. The summed E-state index contributed by atoms with van der Waals surface area (Å²) in [5, 5.41) is 17.3. The number of nitrogens with two attached hydrogens (primary N) is 1. The van der Waals surface area contributed by atoms with Gasteiger partial charge in [0.15, 0.2) is 0 Å². The first-order valence-corrected chi connectivity index (χ1v) is 5.19. The van der Waals surface area contributed by atoms with Gasteiger partial charge in [-0.15, -0.1) is 0 Å². The lowest BCUT2D eigenvalue weighted by molar-refractivity contribution is -0.142. The molecular formula is C10H19NO4. The highest BCUT2D eigenvalue weighted by molar-refractivity contribution is 5.75. The fourth-order valence-corrected chi connectivity index (χ4v) is 1.49. The third-order valence-corrected chi connectivity index (χ3v) is 2.41. The second-order valence-corrected chi connectivity index (χ2v) is 3.72. The Labute approximate surface area is 89.3 Å². The Morgan fingerprint density at radius 2 is 1.87 bits per heavy atom. The highest BCUT2D eigenvalue weighted by Crippen LogP contribution is 2.17. The molecule has 0 aromatic rings. The molecule has 0 radical (unpaired) electrons. The maximum atomic E-state index is 10.6. The molecule has 0 spiro atoms. The van der Waals surface area contributed by atoms with Crippen molar-refractivity contribution in [3.63, 3.8) is 0 Å². The third kappa shape index (κ3) is 6.06. The van der Waals surface area contributed by atoms with Crippen LogP contribution in [-0.2, 0) is 9.59 Å². The normalized spacial score (nSPS) is 14.5. The summed E-state index contributed by atoms with van der Waals surface area (Å²) in [4.78, 5) is 21.2. The molecule has 5 heteroatoms. The van der Waals surface area contributed by atoms with Crippen molar-refractivity contribution in [1.29, 1.82) is 0 Å². The van der Waals surface area contributed by atoms with Crippen LogP contribution in [0.3, 0.4) is 0 Å². The average Bonchev–Trinajstić information content (AvgIpc) is 2.14. The summed E-state index contributed by atoms with van der Waals surface area (Å²) in [6, 6.07) is -1.07. The van der Waals surface area contributed by atoms with Crippen LogP contribution in [0, 0.1) is 5.92 Å². The van der Waals surface area contributed by atoms with Crippen LogP contribution in [0.15, 0.2) is 0 Å². The van der Waals surface area contributed by atoms with E-state index < -0.39 is 23.9 Å². The van der Waals surface area contributed by atoms with Crippen molar-refractivity contribution in [3.8, 4) is 0 Å². The van der Waals surface area contributed by atoms with E-state index in [2.05, 4.69) is 0 Å². The molecule has 88 valence electrons. The van der Waals surface area contributed by atoms with Crippen LogP contribution < -0.4 is 5.73 Å². The standard InChI is InChI=1S/C10H19NO4/c1-2-3-4-5-7(6-8(12)13)9(11)10(14)15/h7,9H,2-6,11H2,1H3,(H,12,13)(H,14,15)/t7-,9-/m0/s1. The summed E-state index contributed by atoms with van der Waals surface area (Å²) in [6.07, 6.45) is 3.21. The molecule has 0 bridgehead atoms. The Bertz CT molecular complexity index is 217. The van der Waals surface area contributed by atoms with Crippen molar-refractivity contribution < 1.29 is 19.8 Å². The fourth-order valence-electron chi connectivity index (χ4n) is 1.49. The van der Waals surface area contributed by atoms with Gasteiger partial charge in [-0.2, -0.15) is 0 Å². The Balaban J connectivity index is 4.17. The number of unbranched alkanes of at least 4 members (excludes halogenated alkanes) is 2. The van der Waals surface area contributed by atoms with Gasteiger partial charge in [-0.05, 0) is 12.3 Å². The predicted octanol–water partition coefficient (Wildman–Crippen LogP) is 1.07. The van der Waals surface area contributed by atoms with E-state index in [0.29, 0.717) is 6.42 Å². The molecule has 0 aliphatic heterocycles. The van der Waals surface area contributed by atoms with Crippen molar-refractivity contribution in [1.82, 2.24) is 0 Å². The summed E-state index contributed by atoms with van der Waals surface area (Å²) in [5.74, 6) is -2.59. The van der Waals surface area contributed by atoms with Crippen LogP contribution >= 0.6 is 0 Å². The van der Waals surface area contributed by atoms with Gasteiger partial charge in [0.25, 0.3) is 0 Å². The molecule has 0 unspecified atom stereocenters. The van der Waals surface area contributed by atoms with Crippen LogP contribution in [0.5, 0.6) is 0 Å². The Kier molecular flexibility index (Phi) is 6.70. The zero-order chi connectivity index (χ0) is 11.8. The lowest BCUT2D eigenvalue weighted by Crippen LogP contribution is -2.39. The third-order valence-electron chi connectivity index (χ3n) is 2.41. The van der Waals surface area contributed by atoms with Gasteiger partial charge in [0.2, 0.25) is 0 Å². The molecule has 0 aliphatic carbocycles. The number of rotatable bonds is 8. The van der Waals surface area contributed by atoms with E-state index in [1.807, 2.05) is 6.92 Å². The first kappa shape index (κ1) is 13.9. The Morgan fingerprint density at radius 1 is 1.27 bits per heavy atom. The Hall–Kier alpha value is -1.10. The van der Waals surface area contributed by atoms with Gasteiger partial charge >= 0.3 is 11.9 Å². The molecule has 0 saturated carbocycles. The molecule has 0 fully saturated rings. The van der Waals surface area contributed by atoms with Crippen LogP contribution in [0.25, 0.3) is 0 Å². The maximum Gasteiger partial charge on any atom is 0.320 e. The largest absolute Gasteiger partial charge is 0.481 e. The lowest BCUT2D eigenvalue weighted by Gasteiger charge is -2.18. The van der Waals surface area contributed by atoms with Crippen molar-refractivity contribution in [2.24, 2.45) is 11.7 Å². The number of carboxylic acids is 2. The van der Waals surface area contributed by atoms with E-state index in [9.17, 15) is 9.59 Å². The van der Waals surface area contributed by atoms with Crippen LogP contribution in [0.4, 0.5) is 0 Å². The second kappa shape index (κ2) is 7.23. The average molecular weight is 217 g/mol. The summed E-state index contributed by atoms with van der Waals surface area (Å²) >= 11 is 0. The van der Waals surface area contributed by atoms with E-state index >= 15 is 0 Å². The zero-order valence-electron chi connectivity index (χ0n) is 8.98. The van der Waals surface area contributed by atoms with E-state index in [-0.39, 0.29) is 6.42 Å². The smallest absolute Gasteiger partial charge is 0.320 e. The van der Waals surface area contributed by atoms with Gasteiger partial charge in [0.05, 0.1) is 6.42 Å². The van der Waals surface area contributed by atoms with E-state index in [1.165, 1.54) is 0 Å². The summed E-state index contributed by atoms with van der Waals surface area (Å²) in [7, 11) is 0. The highest BCUT2D eigenvalue weighted by atomic mass is 16.4. The number of hydrogen-bond acceptors (Lipinski definition) is 3. The van der Waals surface area contributed by atoms with Crippen molar-refractivity contribution >= 4 is 11.9 Å². The number of carbonyl (C=O) groups is 2. The highest BCUT2D eigenvalue weighted by Gasteiger charge is 2.25. The van der Waals surface area contributed by atoms with Gasteiger partial charge in [-0.1, -0.05) is 26.2 Å². The van der Waals surface area contributed by atoms with Gasteiger partial charge in [-0.3, -0.25) is 9.59 Å². The molecular weight excluding hydrogens is 198 g/mol. The molecule has 0 rings (SSSR count). The topological polar surface area (TPSA) is 101 Å². The summed E-state index contributed by atoms with van der Waals surface area (Å²) < 4.78 is 0. The minimum absolute atomic E-state index is 0.169. The molecule has 0 saturated heterocycles. The van der Waals surface area contributed by atoms with Gasteiger partial charge in [0.1, 0.15) is 6.04 Å². The molecule has 2 atom stereocenters. The minimum atomic E-state index is -1.13. The molecule has 15 heavy (non-hydrogen) atoms. The van der Waals surface area contributed by atoms with Gasteiger partial charge in [-0.25, -0.2) is 0 Å². The second-order valence-electron chi connectivity index (χ2n) is 3.72. The number of carboxylic acid groups (broad SMARTS) is 2. The van der Waals surface area contributed by atoms with E-state index in [4.69, 9.17) is 15.9 Å². The van der Waals surface area contributed by atoms with Crippen LogP contribution in [-0.4, -0.2) is 28.2 Å². The first-order chi connectivity index (χ1) is 6.99. The first-order valence-electron chi connectivity index (χ1n) is 5.19. The monoisotopic (exact) mass is 217 g/mol. The van der Waals surface area contributed by atoms with Crippen LogP contribution in [0.2, 0.25) is 0 Å². The Morgan fingerprint density at radius 3 is 2.27 bits per heavy atom. The van der Waals surface area contributed by atoms with E-state index in [0.717, 1.165) is 19.3 Å². The van der Waals surface area contributed by atoms with E-state index in [1.54, 1.807) is 0 Å². The lowest BCUT2D eigenvalue weighted by atomic mass is 9.91. The number of hydrogen-bond donors (Lipinski definition) is 3. The van der Waals surface area contributed by atoms with Crippen LogP contribution in [0.1, 0.15) is 39.0 Å². The molecule has 0 aromatic heterocycles. The molecule has 4 N–H and O–H groups in total. The van der Waals surface area contributed by atoms with Gasteiger partial charge < -0.3 is 15.9 Å². The molecule has 5 nitrogen and oxygen atoms in total. The SMILES string of the molecule is CCCCC[C@@H](CC(=O)O)[C@H](N)C(=O)O. The van der Waals surface area contributed by atoms with Crippen molar-refractivity contribution in [3.05, 3.63) is 0 Å². The maximum absolute atomic E-state index is 10.6. The predicted molar refractivity (Wildman–Crippen MR) is 55.5 cm³/mol. The molecule has 0 amide bonds. The van der Waals surface area contributed by atoms with Crippen molar-refractivity contribution in [2.45, 2.75) is 45.1 Å². The summed E-state index contributed by atoms with van der Waals surface area (Å²) in [5.41, 5.74) is 5.43. The molecule has 0 heterocycles. The molecule has 0 aliphatic rings. The number of aliphatic carboxylic acids is 2. The van der Waals surface area contributed by atoms with Gasteiger partial charge in [0, 0.05) is 0 Å². The molecule has 0 aromatic carbocycles. The summed E-state index contributed by atoms with van der Waals surface area (Å²) in [6.45, 7) is 2.03. The van der Waals surface area contributed by atoms with Crippen molar-refractivity contribution in [2.75, 3.05) is 0 Å².